The summed E-state index contributed by atoms with van der Waals surface area (Å²) in [7, 11) is 0. The molecule has 1 saturated heterocycles. The highest BCUT2D eigenvalue weighted by Gasteiger charge is 2.16. The van der Waals surface area contributed by atoms with Crippen molar-refractivity contribution in [1.82, 2.24) is 5.32 Å². The van der Waals surface area contributed by atoms with Crippen LogP contribution in [-0.2, 0) is 4.74 Å². The number of rotatable bonds is 6. The number of carbonyl (C=O) groups excluding carboxylic acids is 1. The first-order chi connectivity index (χ1) is 13.1. The van der Waals surface area contributed by atoms with Gasteiger partial charge >= 0.3 is 0 Å². The predicted molar refractivity (Wildman–Crippen MR) is 112 cm³/mol. The number of ether oxygens (including phenoxy) is 1. The Labute approximate surface area is 169 Å². The maximum Gasteiger partial charge on any atom is 0.195 e. The van der Waals surface area contributed by atoms with Crippen molar-refractivity contribution < 1.29 is 14.4 Å². The van der Waals surface area contributed by atoms with E-state index in [0.717, 1.165) is 39.4 Å². The normalized spacial score (nSPS) is 14.6. The maximum atomic E-state index is 12.8. The first-order valence-corrected chi connectivity index (χ1v) is 9.77. The second-order valence-corrected chi connectivity index (χ2v) is 7.22. The Morgan fingerprint density at radius 3 is 2.63 bits per heavy atom. The van der Waals surface area contributed by atoms with Crippen molar-refractivity contribution in [2.24, 2.45) is 0 Å². The summed E-state index contributed by atoms with van der Waals surface area (Å²) in [6, 6.07) is 14.3. The van der Waals surface area contributed by atoms with Crippen molar-refractivity contribution >= 4 is 40.4 Å². The molecule has 0 saturated carbocycles. The lowest BCUT2D eigenvalue weighted by atomic mass is 10.0. The molecule has 0 spiro atoms. The highest BCUT2D eigenvalue weighted by atomic mass is 35.5. The fourth-order valence-corrected chi connectivity index (χ4v) is 3.37. The smallest absolute Gasteiger partial charge is 0.195 e. The number of quaternary nitrogens is 1. The van der Waals surface area contributed by atoms with Crippen LogP contribution in [0.2, 0.25) is 5.02 Å². The molecule has 27 heavy (non-hydrogen) atoms. The number of nitrogens with one attached hydrogen (secondary N) is 3. The molecule has 3 rings (SSSR count). The number of morpholine rings is 1. The molecule has 5 nitrogen and oxygen atoms in total. The topological polar surface area (TPSA) is 54.8 Å². The van der Waals surface area contributed by atoms with E-state index >= 15 is 0 Å². The van der Waals surface area contributed by atoms with E-state index in [4.69, 9.17) is 28.6 Å². The molecule has 7 heteroatoms. The molecule has 2 aromatic carbocycles. The molecule has 1 aliphatic heterocycles. The lowest BCUT2D eigenvalue weighted by molar-refractivity contribution is -0.906. The average molecular weight is 405 g/mol. The van der Waals surface area contributed by atoms with E-state index in [-0.39, 0.29) is 5.78 Å². The van der Waals surface area contributed by atoms with E-state index in [2.05, 4.69) is 10.6 Å². The zero-order valence-corrected chi connectivity index (χ0v) is 16.5. The fourth-order valence-electron chi connectivity index (χ4n) is 2.99. The fraction of sp³-hybridized carbons (Fsp3) is 0.300. The summed E-state index contributed by atoms with van der Waals surface area (Å²) in [4.78, 5) is 14.3. The summed E-state index contributed by atoms with van der Waals surface area (Å²) < 4.78 is 5.37. The van der Waals surface area contributed by atoms with E-state index in [9.17, 15) is 4.79 Å². The standard InChI is InChI=1S/C20H22ClN3O2S/c21-16-6-7-18(17(14-16)19(25)15-4-2-1-3-5-15)23-20(27)22-8-9-24-10-12-26-13-11-24/h1-7,14H,8-13H2,(H2,22,23,27)/p+1. The van der Waals surface area contributed by atoms with Crippen molar-refractivity contribution in [3.05, 3.63) is 64.7 Å². The summed E-state index contributed by atoms with van der Waals surface area (Å²) in [5, 5.41) is 7.35. The third-order valence-electron chi connectivity index (χ3n) is 4.47. The molecule has 0 radical (unpaired) electrons. The van der Waals surface area contributed by atoms with Crippen LogP contribution in [0.5, 0.6) is 0 Å². The van der Waals surface area contributed by atoms with Crippen LogP contribution in [0.4, 0.5) is 5.69 Å². The number of hydrogen-bond acceptors (Lipinski definition) is 3. The lowest BCUT2D eigenvalue weighted by Gasteiger charge is -2.24. The molecule has 1 aliphatic rings. The minimum Gasteiger partial charge on any atom is -0.370 e. The van der Waals surface area contributed by atoms with Crippen LogP contribution in [0.25, 0.3) is 0 Å². The van der Waals surface area contributed by atoms with E-state index in [1.165, 1.54) is 4.90 Å². The van der Waals surface area contributed by atoms with Gasteiger partial charge in [0.05, 0.1) is 32.0 Å². The third-order valence-corrected chi connectivity index (χ3v) is 4.96. The summed E-state index contributed by atoms with van der Waals surface area (Å²) in [6.07, 6.45) is 0. The van der Waals surface area contributed by atoms with E-state index in [1.54, 1.807) is 30.3 Å². The molecule has 0 amide bonds. The van der Waals surface area contributed by atoms with Crippen molar-refractivity contribution in [2.75, 3.05) is 44.7 Å². The van der Waals surface area contributed by atoms with Gasteiger partial charge < -0.3 is 20.3 Å². The molecule has 0 unspecified atom stereocenters. The Morgan fingerprint density at radius 1 is 1.15 bits per heavy atom. The number of anilines is 1. The van der Waals surface area contributed by atoms with Crippen LogP contribution < -0.4 is 15.5 Å². The second-order valence-electron chi connectivity index (χ2n) is 6.38. The number of benzene rings is 2. The quantitative estimate of drug-likeness (QED) is 0.506. The van der Waals surface area contributed by atoms with Crippen molar-refractivity contribution in [1.29, 1.82) is 0 Å². The van der Waals surface area contributed by atoms with Gasteiger partial charge in [0.15, 0.2) is 10.9 Å². The van der Waals surface area contributed by atoms with Gasteiger partial charge in [-0.25, -0.2) is 0 Å². The summed E-state index contributed by atoms with van der Waals surface area (Å²) in [5.74, 6) is -0.0961. The monoisotopic (exact) mass is 404 g/mol. The van der Waals surface area contributed by atoms with Gasteiger partial charge in [-0.1, -0.05) is 41.9 Å². The van der Waals surface area contributed by atoms with Crippen molar-refractivity contribution in [3.8, 4) is 0 Å². The molecule has 1 heterocycles. The van der Waals surface area contributed by atoms with Crippen LogP contribution in [0, 0.1) is 0 Å². The summed E-state index contributed by atoms with van der Waals surface area (Å²) in [6.45, 7) is 5.41. The molecule has 0 atom stereocenters. The average Bonchev–Trinajstić information content (AvgIpc) is 2.70. The van der Waals surface area contributed by atoms with Crippen LogP contribution in [0.1, 0.15) is 15.9 Å². The van der Waals surface area contributed by atoms with Gasteiger partial charge in [0, 0.05) is 16.1 Å². The maximum absolute atomic E-state index is 12.8. The molecular formula is C20H23ClN3O2S+. The zero-order valence-electron chi connectivity index (χ0n) is 15.0. The predicted octanol–water partition coefficient (Wildman–Crippen LogP) is 1.77. The number of halogens is 1. The zero-order chi connectivity index (χ0) is 19.1. The second kappa shape index (κ2) is 9.80. The minimum absolute atomic E-state index is 0.0961. The van der Waals surface area contributed by atoms with Crippen LogP contribution in [-0.4, -0.2) is 50.3 Å². The minimum atomic E-state index is -0.0961. The first-order valence-electron chi connectivity index (χ1n) is 8.99. The van der Waals surface area contributed by atoms with Crippen molar-refractivity contribution in [3.63, 3.8) is 0 Å². The van der Waals surface area contributed by atoms with E-state index < -0.39 is 0 Å². The van der Waals surface area contributed by atoms with Gasteiger partial charge in [-0.3, -0.25) is 4.79 Å². The Kier molecular flexibility index (Phi) is 7.18. The Hall–Kier alpha value is -1.99. The number of carbonyl (C=O) groups is 1. The molecule has 2 aromatic rings. The summed E-state index contributed by atoms with van der Waals surface area (Å²) in [5.41, 5.74) is 1.75. The SMILES string of the molecule is O=C(c1ccccc1)c1cc(Cl)ccc1NC(=S)NCC[NH+]1CCOCC1. The first kappa shape index (κ1) is 19.8. The van der Waals surface area contributed by atoms with Crippen LogP contribution in [0.15, 0.2) is 48.5 Å². The molecule has 0 aromatic heterocycles. The Morgan fingerprint density at radius 2 is 1.89 bits per heavy atom. The largest absolute Gasteiger partial charge is 0.370 e. The van der Waals surface area contributed by atoms with E-state index in [1.807, 2.05) is 18.2 Å². The molecule has 0 aliphatic carbocycles. The van der Waals surface area contributed by atoms with Crippen LogP contribution in [0.3, 0.4) is 0 Å². The summed E-state index contributed by atoms with van der Waals surface area (Å²) >= 11 is 11.5. The Bertz CT molecular complexity index is 795. The van der Waals surface area contributed by atoms with Gasteiger partial charge in [0.25, 0.3) is 0 Å². The molecule has 142 valence electrons. The molecule has 3 N–H and O–H groups in total. The number of thiocarbonyl (C=S) groups is 1. The third kappa shape index (κ3) is 5.74. The van der Waals surface area contributed by atoms with Gasteiger partial charge in [0.1, 0.15) is 13.1 Å². The number of hydrogen-bond donors (Lipinski definition) is 3. The van der Waals surface area contributed by atoms with Gasteiger partial charge in [-0.2, -0.15) is 0 Å². The van der Waals surface area contributed by atoms with E-state index in [0.29, 0.717) is 26.9 Å². The Balaban J connectivity index is 1.62. The highest BCUT2D eigenvalue weighted by molar-refractivity contribution is 7.80. The molecular weight excluding hydrogens is 382 g/mol. The van der Waals surface area contributed by atoms with Crippen molar-refractivity contribution in [2.45, 2.75) is 0 Å². The lowest BCUT2D eigenvalue weighted by Crippen LogP contribution is -3.14. The van der Waals surface area contributed by atoms with Gasteiger partial charge in [-0.05, 0) is 30.4 Å². The van der Waals surface area contributed by atoms with Gasteiger partial charge in [-0.15, -0.1) is 0 Å². The number of ketones is 1. The van der Waals surface area contributed by atoms with Gasteiger partial charge in [0.2, 0.25) is 0 Å². The van der Waals surface area contributed by atoms with Crippen LogP contribution >= 0.6 is 23.8 Å². The molecule has 1 fully saturated rings. The highest BCUT2D eigenvalue weighted by Crippen LogP contribution is 2.23. The molecule has 0 bridgehead atoms.